The lowest BCUT2D eigenvalue weighted by molar-refractivity contribution is -0.384. The summed E-state index contributed by atoms with van der Waals surface area (Å²) in [5.74, 6) is 0. The van der Waals surface area contributed by atoms with Gasteiger partial charge in [-0.3, -0.25) is 10.1 Å². The molecule has 0 unspecified atom stereocenters. The Bertz CT molecular complexity index is 912. The van der Waals surface area contributed by atoms with Gasteiger partial charge in [0.05, 0.1) is 16.2 Å². The molecule has 5 nitrogen and oxygen atoms in total. The van der Waals surface area contributed by atoms with E-state index in [0.717, 1.165) is 6.42 Å². The van der Waals surface area contributed by atoms with Gasteiger partial charge in [-0.2, -0.15) is 5.26 Å². The van der Waals surface area contributed by atoms with E-state index in [2.05, 4.69) is 22.8 Å². The second-order valence-electron chi connectivity index (χ2n) is 5.03. The van der Waals surface area contributed by atoms with Crippen LogP contribution in [-0.4, -0.2) is 11.5 Å². The number of nitro groups is 1. The van der Waals surface area contributed by atoms with Crippen LogP contribution in [0.2, 0.25) is 0 Å². The van der Waals surface area contributed by atoms with Crippen molar-refractivity contribution in [2.75, 3.05) is 11.9 Å². The van der Waals surface area contributed by atoms with Gasteiger partial charge < -0.3 is 5.32 Å². The maximum Gasteiger partial charge on any atom is 0.270 e. The molecule has 0 amide bonds. The molecule has 0 atom stereocenters. The summed E-state index contributed by atoms with van der Waals surface area (Å²) in [4.78, 5) is 10.3. The largest absolute Gasteiger partial charge is 0.384 e. The summed E-state index contributed by atoms with van der Waals surface area (Å²) in [5, 5.41) is 26.5. The Morgan fingerprint density at radius 2 is 2.09 bits per heavy atom. The number of thiophene rings is 1. The summed E-state index contributed by atoms with van der Waals surface area (Å²) in [5.41, 5.74) is 2.10. The number of nitrogens with zero attached hydrogens (tertiary/aromatic N) is 2. The molecule has 1 N–H and O–H groups in total. The second kappa shape index (κ2) is 6.46. The van der Waals surface area contributed by atoms with Gasteiger partial charge in [-0.25, -0.2) is 0 Å². The number of hydrogen-bond donors (Lipinski definition) is 1. The Morgan fingerprint density at radius 1 is 1.26 bits per heavy atom. The number of fused-ring (bicyclic) bond motifs is 1. The zero-order valence-electron chi connectivity index (χ0n) is 12.2. The van der Waals surface area contributed by atoms with E-state index in [9.17, 15) is 10.1 Å². The predicted octanol–water partition coefficient (Wildman–Crippen LogP) is 4.34. The van der Waals surface area contributed by atoms with Crippen LogP contribution in [0.4, 0.5) is 11.4 Å². The van der Waals surface area contributed by atoms with Crippen LogP contribution >= 0.6 is 11.3 Å². The quantitative estimate of drug-likeness (QED) is 0.559. The number of non-ortho nitro benzene ring substituents is 1. The molecule has 0 aliphatic rings. The van der Waals surface area contributed by atoms with Crippen LogP contribution in [0.15, 0.2) is 47.8 Å². The number of nitro benzene ring substituents is 1. The van der Waals surface area contributed by atoms with Crippen LogP contribution in [0.3, 0.4) is 0 Å². The molecule has 0 fully saturated rings. The van der Waals surface area contributed by atoms with Crippen LogP contribution in [0.1, 0.15) is 11.1 Å². The summed E-state index contributed by atoms with van der Waals surface area (Å²) in [6.45, 7) is 0.660. The third-order valence-corrected chi connectivity index (χ3v) is 4.62. The highest BCUT2D eigenvalue weighted by Gasteiger charge is 2.10. The Labute approximate surface area is 137 Å². The molecule has 6 heteroatoms. The van der Waals surface area contributed by atoms with E-state index in [1.165, 1.54) is 27.8 Å². The molecule has 3 aromatic rings. The molecule has 2 aromatic carbocycles. The van der Waals surface area contributed by atoms with Crippen molar-refractivity contribution in [2.45, 2.75) is 6.42 Å². The average molecular weight is 323 g/mol. The first-order valence-electron chi connectivity index (χ1n) is 7.06. The fourth-order valence-corrected chi connectivity index (χ4v) is 3.45. The zero-order valence-corrected chi connectivity index (χ0v) is 13.0. The third kappa shape index (κ3) is 3.15. The van der Waals surface area contributed by atoms with Gasteiger partial charge in [0.2, 0.25) is 0 Å². The van der Waals surface area contributed by atoms with E-state index in [1.54, 1.807) is 17.4 Å². The van der Waals surface area contributed by atoms with Crippen LogP contribution < -0.4 is 5.32 Å². The molecule has 1 heterocycles. The fraction of sp³-hybridized carbons (Fsp3) is 0.118. The number of hydrogen-bond acceptors (Lipinski definition) is 5. The van der Waals surface area contributed by atoms with Crippen molar-refractivity contribution < 1.29 is 4.92 Å². The number of nitriles is 1. The van der Waals surface area contributed by atoms with Gasteiger partial charge in [0.15, 0.2) is 0 Å². The van der Waals surface area contributed by atoms with Crippen molar-refractivity contribution in [3.05, 3.63) is 69.1 Å². The van der Waals surface area contributed by atoms with Crippen LogP contribution in [0.5, 0.6) is 0 Å². The zero-order chi connectivity index (χ0) is 16.2. The molecule has 114 valence electrons. The summed E-state index contributed by atoms with van der Waals surface area (Å²) in [7, 11) is 0. The highest BCUT2D eigenvalue weighted by Crippen LogP contribution is 2.26. The van der Waals surface area contributed by atoms with Gasteiger partial charge in [0.1, 0.15) is 6.07 Å². The van der Waals surface area contributed by atoms with E-state index in [-0.39, 0.29) is 11.3 Å². The summed E-state index contributed by atoms with van der Waals surface area (Å²) in [6, 6.07) is 14.5. The number of rotatable bonds is 5. The van der Waals surface area contributed by atoms with Crippen LogP contribution in [0, 0.1) is 21.4 Å². The van der Waals surface area contributed by atoms with Gasteiger partial charge in [0.25, 0.3) is 5.69 Å². The predicted molar refractivity (Wildman–Crippen MR) is 91.8 cm³/mol. The summed E-state index contributed by atoms with van der Waals surface area (Å²) < 4.78 is 1.26. The molecule has 23 heavy (non-hydrogen) atoms. The molecule has 0 aliphatic carbocycles. The Morgan fingerprint density at radius 3 is 2.87 bits per heavy atom. The lowest BCUT2D eigenvalue weighted by atomic mass is 10.1. The van der Waals surface area contributed by atoms with Gasteiger partial charge in [-0.1, -0.05) is 18.2 Å². The number of anilines is 1. The maximum atomic E-state index is 10.8. The lowest BCUT2D eigenvalue weighted by Gasteiger charge is -2.07. The van der Waals surface area contributed by atoms with E-state index in [0.29, 0.717) is 12.2 Å². The molecule has 3 rings (SSSR count). The normalized spacial score (nSPS) is 10.4. The second-order valence-corrected chi connectivity index (χ2v) is 5.94. The number of benzene rings is 2. The van der Waals surface area contributed by atoms with Gasteiger partial charge in [0, 0.05) is 23.4 Å². The van der Waals surface area contributed by atoms with Crippen LogP contribution in [-0.2, 0) is 6.42 Å². The van der Waals surface area contributed by atoms with Gasteiger partial charge >= 0.3 is 0 Å². The van der Waals surface area contributed by atoms with E-state index in [1.807, 2.05) is 18.2 Å². The third-order valence-electron chi connectivity index (χ3n) is 3.61. The maximum absolute atomic E-state index is 10.8. The highest BCUT2D eigenvalue weighted by atomic mass is 32.1. The van der Waals surface area contributed by atoms with E-state index < -0.39 is 4.92 Å². The molecular formula is C17H13N3O2S. The fourth-order valence-electron chi connectivity index (χ4n) is 2.45. The SMILES string of the molecule is N#Cc1cc([N+](=O)[O-])ccc1NCCc1csc2ccccc12. The first-order valence-corrected chi connectivity index (χ1v) is 7.94. The molecule has 0 saturated carbocycles. The standard InChI is InChI=1S/C17H13N3O2S/c18-10-13-9-14(20(21)22)5-6-16(13)19-8-7-12-11-23-17-4-2-1-3-15(12)17/h1-6,9,11,19H,7-8H2. The van der Waals surface area contributed by atoms with Crippen molar-refractivity contribution >= 4 is 32.8 Å². The Hall–Kier alpha value is -2.91. The smallest absolute Gasteiger partial charge is 0.270 e. The van der Waals surface area contributed by atoms with Crippen molar-refractivity contribution in [3.8, 4) is 6.07 Å². The molecular weight excluding hydrogens is 310 g/mol. The topological polar surface area (TPSA) is 79.0 Å². The van der Waals surface area contributed by atoms with Gasteiger partial charge in [-0.05, 0) is 34.9 Å². The van der Waals surface area contributed by atoms with Crippen molar-refractivity contribution in [1.29, 1.82) is 5.26 Å². The first-order chi connectivity index (χ1) is 11.2. The lowest BCUT2D eigenvalue weighted by Crippen LogP contribution is -2.06. The van der Waals surface area contributed by atoms with Crippen molar-refractivity contribution in [3.63, 3.8) is 0 Å². The summed E-state index contributed by atoms with van der Waals surface area (Å²) >= 11 is 1.72. The molecule has 0 bridgehead atoms. The minimum atomic E-state index is -0.498. The molecule has 0 saturated heterocycles. The van der Waals surface area contributed by atoms with E-state index in [4.69, 9.17) is 5.26 Å². The molecule has 1 aromatic heterocycles. The first kappa shape index (κ1) is 15.0. The molecule has 0 spiro atoms. The monoisotopic (exact) mass is 323 g/mol. The summed E-state index contributed by atoms with van der Waals surface area (Å²) in [6.07, 6.45) is 0.825. The minimum absolute atomic E-state index is 0.0732. The van der Waals surface area contributed by atoms with Crippen molar-refractivity contribution in [2.24, 2.45) is 0 Å². The Kier molecular flexibility index (Phi) is 4.22. The number of nitrogens with one attached hydrogen (secondary N) is 1. The minimum Gasteiger partial charge on any atom is -0.384 e. The average Bonchev–Trinajstić information content (AvgIpc) is 2.98. The molecule has 0 aliphatic heterocycles. The highest BCUT2D eigenvalue weighted by molar-refractivity contribution is 7.17. The van der Waals surface area contributed by atoms with Crippen molar-refractivity contribution in [1.82, 2.24) is 0 Å². The van der Waals surface area contributed by atoms with E-state index >= 15 is 0 Å². The van der Waals surface area contributed by atoms with Crippen LogP contribution in [0.25, 0.3) is 10.1 Å². The molecule has 0 radical (unpaired) electrons. The van der Waals surface area contributed by atoms with Gasteiger partial charge in [-0.15, -0.1) is 11.3 Å². The Balaban J connectivity index is 1.71.